The Hall–Kier alpha value is -5.58. The molecule has 7 rings (SSSR count). The molecule has 0 bridgehead atoms. The lowest BCUT2D eigenvalue weighted by molar-refractivity contribution is 0.0936. The van der Waals surface area contributed by atoms with E-state index < -0.39 is 0 Å². The predicted molar refractivity (Wildman–Crippen MR) is 153 cm³/mol. The van der Waals surface area contributed by atoms with Gasteiger partial charge < -0.3 is 15.8 Å². The number of hydrogen-bond acceptors (Lipinski definition) is 8. The minimum atomic E-state index is -0.191. The van der Waals surface area contributed by atoms with Gasteiger partial charge in [0.1, 0.15) is 17.1 Å². The molecule has 202 valence electrons. The summed E-state index contributed by atoms with van der Waals surface area (Å²) < 4.78 is 8.93. The summed E-state index contributed by atoms with van der Waals surface area (Å²) in [6.07, 6.45) is 9.93. The number of fused-ring (bicyclic) bond motifs is 2. The zero-order valence-electron chi connectivity index (χ0n) is 22.1. The van der Waals surface area contributed by atoms with Gasteiger partial charge in [-0.15, -0.1) is 0 Å². The molecular formula is C30H25N9O2. The minimum Gasteiger partial charge on any atom is -0.495 e. The third-order valence-corrected chi connectivity index (χ3v) is 7.29. The summed E-state index contributed by atoms with van der Waals surface area (Å²) in [5, 5.41) is 7.49. The van der Waals surface area contributed by atoms with Crippen LogP contribution < -0.4 is 15.8 Å². The first-order valence-corrected chi connectivity index (χ1v) is 13.1. The van der Waals surface area contributed by atoms with Gasteiger partial charge in [-0.3, -0.25) is 14.3 Å². The molecule has 0 fully saturated rings. The van der Waals surface area contributed by atoms with E-state index in [1.165, 1.54) is 6.20 Å². The van der Waals surface area contributed by atoms with Crippen molar-refractivity contribution in [2.75, 3.05) is 12.8 Å². The molecule has 0 spiro atoms. The van der Waals surface area contributed by atoms with Gasteiger partial charge in [-0.1, -0.05) is 6.07 Å². The van der Waals surface area contributed by atoms with E-state index in [1.807, 2.05) is 47.2 Å². The number of carbonyl (C=O) groups excluding carboxylic acids is 1. The number of aryl methyl sites for hydroxylation is 1. The first-order valence-electron chi connectivity index (χ1n) is 13.1. The van der Waals surface area contributed by atoms with Crippen LogP contribution in [0.25, 0.3) is 34.1 Å². The lowest BCUT2D eigenvalue weighted by Crippen LogP contribution is -2.27. The molecule has 1 aliphatic carbocycles. The average molecular weight is 544 g/mol. The number of anilines is 1. The van der Waals surface area contributed by atoms with Crippen LogP contribution in [-0.2, 0) is 6.42 Å². The quantitative estimate of drug-likeness (QED) is 0.321. The van der Waals surface area contributed by atoms with Gasteiger partial charge in [0.2, 0.25) is 0 Å². The minimum absolute atomic E-state index is 0.115. The van der Waals surface area contributed by atoms with Crippen LogP contribution in [0.5, 0.6) is 5.75 Å². The predicted octanol–water partition coefficient (Wildman–Crippen LogP) is 4.07. The van der Waals surface area contributed by atoms with Gasteiger partial charge >= 0.3 is 0 Å². The van der Waals surface area contributed by atoms with Crippen LogP contribution in [0.15, 0.2) is 85.6 Å². The molecule has 6 aromatic rings. The van der Waals surface area contributed by atoms with E-state index in [-0.39, 0.29) is 11.9 Å². The second-order valence-corrected chi connectivity index (χ2v) is 9.73. The fraction of sp³-hybridized carbons (Fsp3) is 0.133. The maximum absolute atomic E-state index is 13.0. The van der Waals surface area contributed by atoms with Crippen molar-refractivity contribution in [1.29, 1.82) is 0 Å². The standard InChI is InChI=1S/C30H25N9O2/c1-41-21-15-19(16-32-17-21)30(40)36-24-8-5-18-14-20(6-7-22(18)24)39-28(23-4-2-11-33-27(23)31)35-25-9-10-26(37-29(25)39)38-13-3-12-34-38/h2-4,6-7,9-17,24H,5,8H2,1H3,(H2,31,33)(H,36,40)/t24-/m0/s1. The highest BCUT2D eigenvalue weighted by molar-refractivity contribution is 5.94. The number of aromatic nitrogens is 7. The second-order valence-electron chi connectivity index (χ2n) is 9.73. The number of nitrogens with zero attached hydrogens (tertiary/aromatic N) is 7. The van der Waals surface area contributed by atoms with Crippen LogP contribution in [-0.4, -0.2) is 47.3 Å². The van der Waals surface area contributed by atoms with Crippen LogP contribution >= 0.6 is 0 Å². The number of nitrogens with two attached hydrogens (primary N) is 1. The Kier molecular flexibility index (Phi) is 5.89. The summed E-state index contributed by atoms with van der Waals surface area (Å²) in [6.45, 7) is 0. The Bertz CT molecular complexity index is 1910. The monoisotopic (exact) mass is 543 g/mol. The number of imidazole rings is 1. The van der Waals surface area contributed by atoms with E-state index in [4.69, 9.17) is 20.4 Å². The van der Waals surface area contributed by atoms with Crippen LogP contribution in [0.3, 0.4) is 0 Å². The fourth-order valence-corrected chi connectivity index (χ4v) is 5.30. The molecule has 0 saturated heterocycles. The van der Waals surface area contributed by atoms with Crippen LogP contribution in [0.2, 0.25) is 0 Å². The Balaban J connectivity index is 1.29. The largest absolute Gasteiger partial charge is 0.495 e. The number of pyridine rings is 3. The number of benzene rings is 1. The SMILES string of the molecule is COc1cncc(C(=O)N[C@H]2CCc3cc(-n4c(-c5cccnc5N)nc5ccc(-n6cccn6)nc54)ccc32)c1. The first kappa shape index (κ1) is 24.5. The van der Waals surface area contributed by atoms with Crippen molar-refractivity contribution >= 4 is 22.9 Å². The fourth-order valence-electron chi connectivity index (χ4n) is 5.30. The smallest absolute Gasteiger partial charge is 0.253 e. The highest BCUT2D eigenvalue weighted by atomic mass is 16.5. The van der Waals surface area contributed by atoms with E-state index in [0.29, 0.717) is 40.0 Å². The molecule has 11 heteroatoms. The Labute approximate surface area is 234 Å². The number of methoxy groups -OCH3 is 1. The summed E-state index contributed by atoms with van der Waals surface area (Å²) in [6, 6.07) is 17.2. The van der Waals surface area contributed by atoms with Gasteiger partial charge in [-0.25, -0.2) is 19.6 Å². The molecule has 0 unspecified atom stereocenters. The molecule has 11 nitrogen and oxygen atoms in total. The van der Waals surface area contributed by atoms with E-state index in [2.05, 4.69) is 32.5 Å². The summed E-state index contributed by atoms with van der Waals surface area (Å²) in [5.74, 6) is 2.04. The van der Waals surface area contributed by atoms with E-state index in [0.717, 1.165) is 35.2 Å². The Morgan fingerprint density at radius 3 is 2.83 bits per heavy atom. The molecule has 0 radical (unpaired) electrons. The molecule has 0 saturated carbocycles. The summed E-state index contributed by atoms with van der Waals surface area (Å²) in [4.78, 5) is 31.2. The van der Waals surface area contributed by atoms with Crippen molar-refractivity contribution in [3.63, 3.8) is 0 Å². The normalized spacial score (nSPS) is 14.2. The van der Waals surface area contributed by atoms with Crippen molar-refractivity contribution in [2.45, 2.75) is 18.9 Å². The third-order valence-electron chi connectivity index (χ3n) is 7.29. The topological polar surface area (TPSA) is 139 Å². The van der Waals surface area contributed by atoms with Gasteiger partial charge in [0.15, 0.2) is 17.3 Å². The summed E-state index contributed by atoms with van der Waals surface area (Å²) in [5.41, 5.74) is 12.0. The average Bonchev–Trinajstić information content (AvgIpc) is 3.76. The lowest BCUT2D eigenvalue weighted by Gasteiger charge is -2.16. The number of carbonyl (C=O) groups is 1. The van der Waals surface area contributed by atoms with Crippen LogP contribution in [0.1, 0.15) is 33.9 Å². The molecule has 41 heavy (non-hydrogen) atoms. The van der Waals surface area contributed by atoms with E-state index in [9.17, 15) is 4.79 Å². The number of ether oxygens (including phenoxy) is 1. The molecule has 1 aromatic carbocycles. The van der Waals surface area contributed by atoms with E-state index in [1.54, 1.807) is 36.4 Å². The highest BCUT2D eigenvalue weighted by Gasteiger charge is 2.26. The molecule has 1 amide bonds. The van der Waals surface area contributed by atoms with Crippen molar-refractivity contribution in [3.8, 4) is 28.6 Å². The molecular weight excluding hydrogens is 518 g/mol. The zero-order valence-corrected chi connectivity index (χ0v) is 22.1. The Morgan fingerprint density at radius 1 is 1.07 bits per heavy atom. The number of nitrogens with one attached hydrogen (secondary N) is 1. The van der Waals surface area contributed by atoms with Gasteiger partial charge in [0.25, 0.3) is 5.91 Å². The lowest BCUT2D eigenvalue weighted by atomic mass is 10.1. The van der Waals surface area contributed by atoms with Gasteiger partial charge in [0.05, 0.1) is 30.5 Å². The third kappa shape index (κ3) is 4.33. The van der Waals surface area contributed by atoms with Crippen molar-refractivity contribution in [3.05, 3.63) is 102 Å². The van der Waals surface area contributed by atoms with Gasteiger partial charge in [0, 0.05) is 30.5 Å². The van der Waals surface area contributed by atoms with Crippen molar-refractivity contribution in [2.24, 2.45) is 0 Å². The van der Waals surface area contributed by atoms with Gasteiger partial charge in [-0.05, 0) is 72.5 Å². The molecule has 5 heterocycles. The van der Waals surface area contributed by atoms with Crippen LogP contribution in [0, 0.1) is 0 Å². The van der Waals surface area contributed by atoms with E-state index >= 15 is 0 Å². The number of rotatable bonds is 6. The molecule has 1 aliphatic rings. The zero-order chi connectivity index (χ0) is 27.9. The summed E-state index contributed by atoms with van der Waals surface area (Å²) in [7, 11) is 1.55. The molecule has 3 N–H and O–H groups in total. The molecule has 5 aromatic heterocycles. The number of hydrogen-bond donors (Lipinski definition) is 2. The summed E-state index contributed by atoms with van der Waals surface area (Å²) >= 11 is 0. The number of amides is 1. The maximum Gasteiger partial charge on any atom is 0.253 e. The highest BCUT2D eigenvalue weighted by Crippen LogP contribution is 2.36. The van der Waals surface area contributed by atoms with Crippen LogP contribution in [0.4, 0.5) is 5.82 Å². The molecule has 0 aliphatic heterocycles. The molecule has 1 atom stereocenters. The van der Waals surface area contributed by atoms with Crippen molar-refractivity contribution < 1.29 is 9.53 Å². The maximum atomic E-state index is 13.0. The second kappa shape index (κ2) is 9.87. The Morgan fingerprint density at radius 2 is 2.00 bits per heavy atom. The van der Waals surface area contributed by atoms with Crippen molar-refractivity contribution in [1.82, 2.24) is 39.6 Å². The number of nitrogen functional groups attached to an aromatic ring is 1. The van der Waals surface area contributed by atoms with Gasteiger partial charge in [-0.2, -0.15) is 5.10 Å². The first-order chi connectivity index (χ1) is 20.1.